The highest BCUT2D eigenvalue weighted by atomic mass is 32.2. The second-order valence-corrected chi connectivity index (χ2v) is 5.59. The number of carboxylic acid groups (broad SMARTS) is 1. The Morgan fingerprint density at radius 2 is 2.11 bits per heavy atom. The fourth-order valence-corrected chi connectivity index (χ4v) is 2.57. The molecule has 0 aliphatic heterocycles. The van der Waals surface area contributed by atoms with Gasteiger partial charge >= 0.3 is 5.97 Å². The zero-order valence-electron chi connectivity index (χ0n) is 10.8. The van der Waals surface area contributed by atoms with Crippen LogP contribution in [0.3, 0.4) is 0 Å². The van der Waals surface area contributed by atoms with Crippen molar-refractivity contribution in [1.29, 1.82) is 0 Å². The number of thioether (sulfide) groups is 1. The molecule has 2 N–H and O–H groups in total. The average molecular weight is 279 g/mol. The van der Waals surface area contributed by atoms with Crippen molar-refractivity contribution in [2.75, 3.05) is 6.26 Å². The molecule has 1 fully saturated rings. The largest absolute Gasteiger partial charge is 0.480 e. The Morgan fingerprint density at radius 1 is 1.42 bits per heavy atom. The Bertz CT molecular complexity index is 485. The molecule has 4 nitrogen and oxygen atoms in total. The summed E-state index contributed by atoms with van der Waals surface area (Å²) in [5, 5.41) is 11.8. The van der Waals surface area contributed by atoms with E-state index in [1.807, 2.05) is 18.4 Å². The average Bonchev–Trinajstić information content (AvgIpc) is 3.21. The summed E-state index contributed by atoms with van der Waals surface area (Å²) in [6.07, 6.45) is 4.57. The van der Waals surface area contributed by atoms with Crippen molar-refractivity contribution in [2.24, 2.45) is 5.92 Å². The van der Waals surface area contributed by atoms with Crippen LogP contribution in [0.15, 0.2) is 29.2 Å². The molecule has 1 saturated carbocycles. The van der Waals surface area contributed by atoms with Crippen molar-refractivity contribution in [3.05, 3.63) is 29.8 Å². The first-order valence-electron chi connectivity index (χ1n) is 6.28. The highest BCUT2D eigenvalue weighted by molar-refractivity contribution is 7.98. The lowest BCUT2D eigenvalue weighted by molar-refractivity contribution is -0.139. The van der Waals surface area contributed by atoms with E-state index in [1.165, 1.54) is 11.8 Å². The van der Waals surface area contributed by atoms with Crippen LogP contribution in [0.5, 0.6) is 0 Å². The number of nitrogens with one attached hydrogen (secondary N) is 1. The first kappa shape index (κ1) is 13.9. The maximum Gasteiger partial charge on any atom is 0.326 e. The van der Waals surface area contributed by atoms with E-state index in [4.69, 9.17) is 5.11 Å². The van der Waals surface area contributed by atoms with Crippen molar-refractivity contribution >= 4 is 23.6 Å². The van der Waals surface area contributed by atoms with E-state index in [0.29, 0.717) is 17.9 Å². The number of aliphatic carboxylic acids is 1. The number of amides is 1. The molecular formula is C14H17NO3S. The number of hydrogen-bond acceptors (Lipinski definition) is 3. The molecule has 1 aromatic carbocycles. The molecular weight excluding hydrogens is 262 g/mol. The van der Waals surface area contributed by atoms with Gasteiger partial charge in [-0.1, -0.05) is 25.0 Å². The summed E-state index contributed by atoms with van der Waals surface area (Å²) in [5.74, 6) is -0.808. The summed E-state index contributed by atoms with van der Waals surface area (Å²) < 4.78 is 0. The summed E-state index contributed by atoms with van der Waals surface area (Å²) in [7, 11) is 0. The molecule has 0 bridgehead atoms. The Labute approximate surface area is 116 Å². The predicted octanol–water partition coefficient (Wildman–Crippen LogP) is 2.39. The molecule has 0 saturated heterocycles. The SMILES string of the molecule is CSc1ccccc1C(=O)NC(CC1CC1)C(=O)O. The number of carbonyl (C=O) groups is 2. The number of benzene rings is 1. The Hall–Kier alpha value is -1.49. The van der Waals surface area contributed by atoms with E-state index in [-0.39, 0.29) is 5.91 Å². The van der Waals surface area contributed by atoms with Gasteiger partial charge in [0, 0.05) is 4.90 Å². The standard InChI is InChI=1S/C14H17NO3S/c1-19-12-5-3-2-4-10(12)13(16)15-11(14(17)18)8-9-6-7-9/h2-5,9,11H,6-8H2,1H3,(H,15,16)(H,17,18). The lowest BCUT2D eigenvalue weighted by Crippen LogP contribution is -2.41. The van der Waals surface area contributed by atoms with Crippen molar-refractivity contribution in [3.63, 3.8) is 0 Å². The number of carbonyl (C=O) groups excluding carboxylic acids is 1. The molecule has 1 aliphatic carbocycles. The fourth-order valence-electron chi connectivity index (χ4n) is 1.98. The van der Waals surface area contributed by atoms with E-state index < -0.39 is 12.0 Å². The van der Waals surface area contributed by atoms with Gasteiger partial charge in [0.2, 0.25) is 0 Å². The first-order chi connectivity index (χ1) is 9.11. The highest BCUT2D eigenvalue weighted by Gasteiger charge is 2.30. The van der Waals surface area contributed by atoms with Crippen LogP contribution in [-0.4, -0.2) is 29.3 Å². The highest BCUT2D eigenvalue weighted by Crippen LogP contribution is 2.33. The van der Waals surface area contributed by atoms with Gasteiger partial charge in [-0.15, -0.1) is 11.8 Å². The molecule has 1 aromatic rings. The maximum absolute atomic E-state index is 12.2. The van der Waals surface area contributed by atoms with Gasteiger partial charge in [-0.05, 0) is 30.7 Å². The van der Waals surface area contributed by atoms with Crippen molar-refractivity contribution in [1.82, 2.24) is 5.32 Å². The van der Waals surface area contributed by atoms with Gasteiger partial charge in [0.15, 0.2) is 0 Å². The molecule has 0 aromatic heterocycles. The molecule has 0 heterocycles. The Morgan fingerprint density at radius 3 is 2.68 bits per heavy atom. The lowest BCUT2D eigenvalue weighted by Gasteiger charge is -2.15. The molecule has 1 unspecified atom stereocenters. The third-order valence-corrected chi connectivity index (χ3v) is 4.02. The summed E-state index contributed by atoms with van der Waals surface area (Å²) in [6, 6.07) is 6.44. The first-order valence-corrected chi connectivity index (χ1v) is 7.51. The van der Waals surface area contributed by atoms with Crippen molar-refractivity contribution in [2.45, 2.75) is 30.2 Å². The topological polar surface area (TPSA) is 66.4 Å². The van der Waals surface area contributed by atoms with Crippen LogP contribution in [0.4, 0.5) is 0 Å². The normalized spacial score (nSPS) is 15.8. The fraction of sp³-hybridized carbons (Fsp3) is 0.429. The van der Waals surface area contributed by atoms with Crippen LogP contribution in [0, 0.1) is 5.92 Å². The molecule has 1 amide bonds. The van der Waals surface area contributed by atoms with Gasteiger partial charge in [-0.25, -0.2) is 4.79 Å². The minimum absolute atomic E-state index is 0.307. The molecule has 2 rings (SSSR count). The molecule has 1 aliphatic rings. The van der Waals surface area contributed by atoms with E-state index in [1.54, 1.807) is 12.1 Å². The molecule has 0 spiro atoms. The van der Waals surface area contributed by atoms with Gasteiger partial charge in [0.25, 0.3) is 5.91 Å². The molecule has 102 valence electrons. The van der Waals surface area contributed by atoms with Crippen molar-refractivity contribution < 1.29 is 14.7 Å². The van der Waals surface area contributed by atoms with E-state index in [0.717, 1.165) is 17.7 Å². The quantitative estimate of drug-likeness (QED) is 0.785. The summed E-state index contributed by atoms with van der Waals surface area (Å²) in [6.45, 7) is 0. The smallest absolute Gasteiger partial charge is 0.326 e. The molecule has 5 heteroatoms. The maximum atomic E-state index is 12.2. The minimum atomic E-state index is -0.957. The minimum Gasteiger partial charge on any atom is -0.480 e. The summed E-state index contributed by atoms with van der Waals surface area (Å²) >= 11 is 1.48. The third-order valence-electron chi connectivity index (χ3n) is 3.22. The van der Waals surface area contributed by atoms with Gasteiger partial charge < -0.3 is 10.4 Å². The third kappa shape index (κ3) is 3.73. The van der Waals surface area contributed by atoms with E-state index in [2.05, 4.69) is 5.32 Å². The van der Waals surface area contributed by atoms with Crippen LogP contribution in [0.1, 0.15) is 29.6 Å². The zero-order chi connectivity index (χ0) is 13.8. The summed E-state index contributed by atoms with van der Waals surface area (Å²) in [5.41, 5.74) is 0.539. The predicted molar refractivity (Wildman–Crippen MR) is 74.5 cm³/mol. The van der Waals surface area contributed by atoms with Crippen LogP contribution < -0.4 is 5.32 Å². The van der Waals surface area contributed by atoms with Gasteiger partial charge in [0.1, 0.15) is 6.04 Å². The second-order valence-electron chi connectivity index (χ2n) is 4.74. The van der Waals surface area contributed by atoms with Crippen LogP contribution in [0.2, 0.25) is 0 Å². The summed E-state index contributed by atoms with van der Waals surface area (Å²) in [4.78, 5) is 24.2. The van der Waals surface area contributed by atoms with Gasteiger partial charge in [-0.3, -0.25) is 4.79 Å². The van der Waals surface area contributed by atoms with Gasteiger partial charge in [0.05, 0.1) is 5.56 Å². The number of rotatable bonds is 6. The molecule has 19 heavy (non-hydrogen) atoms. The van der Waals surface area contributed by atoms with Crippen molar-refractivity contribution in [3.8, 4) is 0 Å². The van der Waals surface area contributed by atoms with Crippen LogP contribution >= 0.6 is 11.8 Å². The Kier molecular flexibility index (Phi) is 4.47. The van der Waals surface area contributed by atoms with Gasteiger partial charge in [-0.2, -0.15) is 0 Å². The second kappa shape index (κ2) is 6.10. The monoisotopic (exact) mass is 279 g/mol. The van der Waals surface area contributed by atoms with Crippen LogP contribution in [-0.2, 0) is 4.79 Å². The van der Waals surface area contributed by atoms with Crippen LogP contribution in [0.25, 0.3) is 0 Å². The molecule has 0 radical (unpaired) electrons. The molecule has 1 atom stereocenters. The van der Waals surface area contributed by atoms with E-state index in [9.17, 15) is 9.59 Å². The number of carboxylic acids is 1. The number of hydrogen-bond donors (Lipinski definition) is 2. The van der Waals surface area contributed by atoms with E-state index >= 15 is 0 Å². The lowest BCUT2D eigenvalue weighted by atomic mass is 10.1. The zero-order valence-corrected chi connectivity index (χ0v) is 11.6. The Balaban J connectivity index is 2.07.